The number of hydrogen-bond acceptors (Lipinski definition) is 6. The lowest BCUT2D eigenvalue weighted by Crippen LogP contribution is -2.62. The lowest BCUT2D eigenvalue weighted by atomic mass is 9.88. The van der Waals surface area contributed by atoms with Crippen molar-refractivity contribution in [3.05, 3.63) is 32.6 Å². The van der Waals surface area contributed by atoms with E-state index in [4.69, 9.17) is 9.47 Å². The molecule has 3 rings (SSSR count). The maximum absolute atomic E-state index is 11.8. The number of aromatic nitrogens is 2. The topological polar surface area (TPSA) is 114 Å². The third-order valence-electron chi connectivity index (χ3n) is 3.69. The lowest BCUT2D eigenvalue weighted by Gasteiger charge is -2.42. The zero-order valence-electron chi connectivity index (χ0n) is 10.2. The second-order valence-corrected chi connectivity index (χ2v) is 4.90. The third kappa shape index (κ3) is 1.61. The van der Waals surface area contributed by atoms with Crippen LogP contribution in [0.3, 0.4) is 0 Å². The highest BCUT2D eigenvalue weighted by Crippen LogP contribution is 2.45. The van der Waals surface area contributed by atoms with Crippen LogP contribution in [0.1, 0.15) is 11.8 Å². The van der Waals surface area contributed by atoms with E-state index < -0.39 is 35.3 Å². The van der Waals surface area contributed by atoms with Crippen molar-refractivity contribution in [1.82, 2.24) is 9.55 Å². The maximum Gasteiger partial charge on any atom is 0.330 e. The third-order valence-corrected chi connectivity index (χ3v) is 3.69. The highest BCUT2D eigenvalue weighted by molar-refractivity contribution is 5.11. The Bertz CT molecular complexity index is 622. The molecule has 104 valence electrons. The Morgan fingerprint density at radius 2 is 2.32 bits per heavy atom. The largest absolute Gasteiger partial charge is 0.394 e. The Labute approximate surface area is 107 Å². The number of hydrogen-bond donors (Lipinski definition) is 3. The molecular weight excluding hydrogens is 256 g/mol. The molecular formula is C11H14N2O6. The summed E-state index contributed by atoms with van der Waals surface area (Å²) >= 11 is 0. The van der Waals surface area contributed by atoms with Gasteiger partial charge in [0, 0.05) is 11.8 Å². The number of fused-ring (bicyclic) bond motifs is 1. The van der Waals surface area contributed by atoms with Crippen LogP contribution < -0.4 is 11.2 Å². The smallest absolute Gasteiger partial charge is 0.330 e. The number of nitrogens with one attached hydrogen (secondary N) is 1. The average Bonchev–Trinajstić information content (AvgIpc) is 2.54. The lowest BCUT2D eigenvalue weighted by molar-refractivity contribution is -0.236. The summed E-state index contributed by atoms with van der Waals surface area (Å²) in [6, 6.07) is 0. The van der Waals surface area contributed by atoms with Crippen LogP contribution in [0.2, 0.25) is 0 Å². The number of H-pyrrole nitrogens is 1. The molecule has 0 radical (unpaired) electrons. The number of nitrogens with zero attached hydrogens (tertiary/aromatic N) is 1. The number of aliphatic hydroxyl groups is 2. The first-order valence-electron chi connectivity index (χ1n) is 5.90. The highest BCUT2D eigenvalue weighted by atomic mass is 16.6. The van der Waals surface area contributed by atoms with Crippen LogP contribution in [0.15, 0.2) is 15.8 Å². The molecule has 0 bridgehead atoms. The minimum absolute atomic E-state index is 0.0521. The SMILES string of the molecule is Cc1cn(C2OC(CO)C3(O)COC23)c(=O)[nH]c1=O. The van der Waals surface area contributed by atoms with Crippen molar-refractivity contribution in [2.45, 2.75) is 31.0 Å². The molecule has 1 aromatic heterocycles. The molecule has 3 N–H and O–H groups in total. The molecule has 0 aliphatic carbocycles. The van der Waals surface area contributed by atoms with Gasteiger partial charge in [-0.15, -0.1) is 0 Å². The van der Waals surface area contributed by atoms with Gasteiger partial charge in [0.2, 0.25) is 0 Å². The molecule has 2 aliphatic heterocycles. The Hall–Kier alpha value is -1.48. The van der Waals surface area contributed by atoms with Gasteiger partial charge < -0.3 is 19.7 Å². The van der Waals surface area contributed by atoms with E-state index in [2.05, 4.69) is 4.98 Å². The minimum atomic E-state index is -1.29. The molecule has 2 aliphatic rings. The maximum atomic E-state index is 11.8. The second-order valence-electron chi connectivity index (χ2n) is 4.90. The molecule has 4 unspecified atom stereocenters. The Morgan fingerprint density at radius 3 is 2.84 bits per heavy atom. The number of aromatic amines is 1. The first kappa shape index (κ1) is 12.5. The van der Waals surface area contributed by atoms with Gasteiger partial charge in [0.05, 0.1) is 13.2 Å². The molecule has 8 nitrogen and oxygen atoms in total. The summed E-state index contributed by atoms with van der Waals surface area (Å²) < 4.78 is 11.9. The van der Waals surface area contributed by atoms with E-state index in [1.807, 2.05) is 0 Å². The minimum Gasteiger partial charge on any atom is -0.394 e. The van der Waals surface area contributed by atoms with E-state index >= 15 is 0 Å². The first-order valence-corrected chi connectivity index (χ1v) is 5.90. The molecule has 0 amide bonds. The van der Waals surface area contributed by atoms with Crippen LogP contribution >= 0.6 is 0 Å². The van der Waals surface area contributed by atoms with Crippen molar-refractivity contribution >= 4 is 0 Å². The zero-order valence-corrected chi connectivity index (χ0v) is 10.2. The average molecular weight is 270 g/mol. The van der Waals surface area contributed by atoms with Crippen molar-refractivity contribution in [3.63, 3.8) is 0 Å². The van der Waals surface area contributed by atoms with Gasteiger partial charge in [-0.25, -0.2) is 4.79 Å². The van der Waals surface area contributed by atoms with E-state index in [1.54, 1.807) is 6.92 Å². The van der Waals surface area contributed by atoms with Gasteiger partial charge in [-0.1, -0.05) is 0 Å². The van der Waals surface area contributed by atoms with Gasteiger partial charge in [0.25, 0.3) is 5.56 Å². The summed E-state index contributed by atoms with van der Waals surface area (Å²) in [4.78, 5) is 25.3. The summed E-state index contributed by atoms with van der Waals surface area (Å²) in [5, 5.41) is 19.5. The van der Waals surface area contributed by atoms with Crippen molar-refractivity contribution in [3.8, 4) is 0 Å². The van der Waals surface area contributed by atoms with E-state index in [9.17, 15) is 19.8 Å². The number of aliphatic hydroxyl groups excluding tert-OH is 1. The molecule has 4 atom stereocenters. The predicted octanol–water partition coefficient (Wildman–Crippen LogP) is -2.14. The molecule has 19 heavy (non-hydrogen) atoms. The predicted molar refractivity (Wildman–Crippen MR) is 61.7 cm³/mol. The van der Waals surface area contributed by atoms with Crippen LogP contribution in [-0.4, -0.2) is 50.8 Å². The number of aryl methyl sites for hydroxylation is 1. The van der Waals surface area contributed by atoms with E-state index in [0.29, 0.717) is 5.56 Å². The molecule has 8 heteroatoms. The monoisotopic (exact) mass is 270 g/mol. The van der Waals surface area contributed by atoms with E-state index in [0.717, 1.165) is 0 Å². The summed E-state index contributed by atoms with van der Waals surface area (Å²) in [7, 11) is 0. The molecule has 2 saturated heterocycles. The molecule has 0 spiro atoms. The molecule has 0 aromatic carbocycles. The molecule has 1 aromatic rings. The summed E-state index contributed by atoms with van der Waals surface area (Å²) in [5.74, 6) is 0. The Balaban J connectivity index is 2.03. The van der Waals surface area contributed by atoms with Crippen molar-refractivity contribution in [2.24, 2.45) is 0 Å². The van der Waals surface area contributed by atoms with Crippen molar-refractivity contribution in [1.29, 1.82) is 0 Å². The van der Waals surface area contributed by atoms with Crippen LogP contribution in [0.5, 0.6) is 0 Å². The van der Waals surface area contributed by atoms with Crippen LogP contribution in [0.4, 0.5) is 0 Å². The van der Waals surface area contributed by atoms with Crippen LogP contribution in [0, 0.1) is 6.92 Å². The molecule has 3 heterocycles. The van der Waals surface area contributed by atoms with E-state index in [-0.39, 0.29) is 13.2 Å². The van der Waals surface area contributed by atoms with Gasteiger partial charge >= 0.3 is 5.69 Å². The fourth-order valence-electron chi connectivity index (χ4n) is 2.50. The quantitative estimate of drug-likeness (QED) is 0.565. The van der Waals surface area contributed by atoms with Crippen LogP contribution in [-0.2, 0) is 9.47 Å². The first-order chi connectivity index (χ1) is 8.97. The zero-order chi connectivity index (χ0) is 13.8. The fourth-order valence-corrected chi connectivity index (χ4v) is 2.50. The normalized spacial score (nSPS) is 36.9. The summed E-state index contributed by atoms with van der Waals surface area (Å²) in [6.45, 7) is 1.24. The van der Waals surface area contributed by atoms with Crippen molar-refractivity contribution in [2.75, 3.05) is 13.2 Å². The number of ether oxygens (including phenoxy) is 2. The molecule has 0 saturated carbocycles. The molecule has 2 fully saturated rings. The van der Waals surface area contributed by atoms with Gasteiger partial charge in [0.1, 0.15) is 17.8 Å². The second kappa shape index (κ2) is 4.01. The number of rotatable bonds is 2. The van der Waals surface area contributed by atoms with Gasteiger partial charge in [0.15, 0.2) is 6.23 Å². The van der Waals surface area contributed by atoms with Gasteiger partial charge in [-0.3, -0.25) is 14.3 Å². The fraction of sp³-hybridized carbons (Fsp3) is 0.636. The Morgan fingerprint density at radius 1 is 1.58 bits per heavy atom. The summed E-state index contributed by atoms with van der Waals surface area (Å²) in [6.07, 6.45) is -1.05. The highest BCUT2D eigenvalue weighted by Gasteiger charge is 2.63. The summed E-state index contributed by atoms with van der Waals surface area (Å²) in [5.41, 5.74) is -2.05. The van der Waals surface area contributed by atoms with Gasteiger partial charge in [-0.05, 0) is 6.92 Å². The van der Waals surface area contributed by atoms with Crippen molar-refractivity contribution < 1.29 is 19.7 Å². The van der Waals surface area contributed by atoms with Crippen LogP contribution in [0.25, 0.3) is 0 Å². The van der Waals surface area contributed by atoms with Gasteiger partial charge in [-0.2, -0.15) is 0 Å². The van der Waals surface area contributed by atoms with E-state index in [1.165, 1.54) is 10.8 Å². The Kier molecular flexibility index (Phi) is 2.65. The standard InChI is InChI=1S/C11H14N2O6/c1-5-2-13(10(16)12-8(5)15)9-7-11(17,4-18-7)6(3-14)19-9/h2,6-7,9,14,17H,3-4H2,1H3,(H,12,15,16).